The van der Waals surface area contributed by atoms with Crippen LogP contribution in [0, 0.1) is 5.92 Å². The van der Waals surface area contributed by atoms with Crippen molar-refractivity contribution in [3.8, 4) is 0 Å². The number of aromatic nitrogens is 2. The minimum atomic E-state index is 0.615. The summed E-state index contributed by atoms with van der Waals surface area (Å²) in [4.78, 5) is 7.48. The third-order valence-electron chi connectivity index (χ3n) is 3.91. The number of nitrogens with zero attached hydrogens (tertiary/aromatic N) is 1. The van der Waals surface area contributed by atoms with Crippen molar-refractivity contribution in [2.75, 3.05) is 5.32 Å². The average molecular weight is 229 g/mol. The minimum Gasteiger partial charge on any atom is -0.381 e. The molecule has 2 aromatic heterocycles. The van der Waals surface area contributed by atoms with Crippen molar-refractivity contribution in [3.05, 3.63) is 24.5 Å². The molecule has 90 valence electrons. The standard InChI is InChI=1S/C14H19N3/c1-10-4-2-3-5-12(10)17-13-7-9-16-14-11(13)6-8-15-14/h6-10,12H,2-5H2,1H3,(H2,15,16,17)/t10-,12+/m1/s1. The Bertz CT molecular complexity index is 503. The summed E-state index contributed by atoms with van der Waals surface area (Å²) >= 11 is 0. The van der Waals surface area contributed by atoms with E-state index in [1.165, 1.54) is 36.8 Å². The van der Waals surface area contributed by atoms with Gasteiger partial charge in [-0.05, 0) is 30.9 Å². The molecule has 1 aliphatic carbocycles. The van der Waals surface area contributed by atoms with Gasteiger partial charge in [0, 0.05) is 29.5 Å². The number of H-pyrrole nitrogens is 1. The number of fused-ring (bicyclic) bond motifs is 1. The van der Waals surface area contributed by atoms with Crippen LogP contribution in [0.25, 0.3) is 11.0 Å². The van der Waals surface area contributed by atoms with Gasteiger partial charge in [0.2, 0.25) is 0 Å². The molecule has 0 saturated heterocycles. The van der Waals surface area contributed by atoms with Gasteiger partial charge in [0.05, 0.1) is 0 Å². The van der Waals surface area contributed by atoms with E-state index in [1.54, 1.807) is 0 Å². The number of anilines is 1. The van der Waals surface area contributed by atoms with Crippen molar-refractivity contribution in [1.29, 1.82) is 0 Å². The molecule has 2 N–H and O–H groups in total. The SMILES string of the molecule is C[C@@H]1CCCC[C@@H]1Nc1ccnc2[nH]ccc12. The summed E-state index contributed by atoms with van der Waals surface area (Å²) in [6.45, 7) is 2.35. The zero-order valence-corrected chi connectivity index (χ0v) is 10.2. The van der Waals surface area contributed by atoms with Gasteiger partial charge in [-0.25, -0.2) is 4.98 Å². The van der Waals surface area contributed by atoms with Gasteiger partial charge in [0.25, 0.3) is 0 Å². The minimum absolute atomic E-state index is 0.615. The van der Waals surface area contributed by atoms with E-state index in [4.69, 9.17) is 0 Å². The number of rotatable bonds is 2. The Hall–Kier alpha value is -1.51. The second kappa shape index (κ2) is 4.40. The van der Waals surface area contributed by atoms with Crippen molar-refractivity contribution in [3.63, 3.8) is 0 Å². The van der Waals surface area contributed by atoms with Crippen LogP contribution in [-0.4, -0.2) is 16.0 Å². The zero-order chi connectivity index (χ0) is 11.7. The molecular formula is C14H19N3. The van der Waals surface area contributed by atoms with Gasteiger partial charge >= 0.3 is 0 Å². The largest absolute Gasteiger partial charge is 0.381 e. The van der Waals surface area contributed by atoms with Crippen molar-refractivity contribution in [1.82, 2.24) is 9.97 Å². The summed E-state index contributed by atoms with van der Waals surface area (Å²) in [7, 11) is 0. The van der Waals surface area contributed by atoms with Crippen molar-refractivity contribution < 1.29 is 0 Å². The molecule has 2 atom stereocenters. The summed E-state index contributed by atoms with van der Waals surface area (Å²) < 4.78 is 0. The number of hydrogen-bond donors (Lipinski definition) is 2. The Morgan fingerprint density at radius 3 is 3.06 bits per heavy atom. The monoisotopic (exact) mass is 229 g/mol. The first kappa shape index (κ1) is 10.6. The molecule has 0 unspecified atom stereocenters. The molecule has 2 heterocycles. The number of hydrogen-bond acceptors (Lipinski definition) is 2. The van der Waals surface area contributed by atoms with Gasteiger partial charge in [0.15, 0.2) is 0 Å². The molecule has 1 saturated carbocycles. The summed E-state index contributed by atoms with van der Waals surface area (Å²) in [5, 5.41) is 4.90. The molecule has 0 bridgehead atoms. The van der Waals surface area contributed by atoms with Gasteiger partial charge < -0.3 is 10.3 Å². The normalized spacial score (nSPS) is 25.0. The highest BCUT2D eigenvalue weighted by atomic mass is 14.9. The maximum atomic E-state index is 4.32. The Morgan fingerprint density at radius 2 is 2.18 bits per heavy atom. The molecular weight excluding hydrogens is 210 g/mol. The molecule has 17 heavy (non-hydrogen) atoms. The highest BCUT2D eigenvalue weighted by Gasteiger charge is 2.21. The van der Waals surface area contributed by atoms with Crippen molar-refractivity contribution in [2.24, 2.45) is 5.92 Å². The maximum absolute atomic E-state index is 4.32. The second-order valence-corrected chi connectivity index (χ2v) is 5.11. The van der Waals surface area contributed by atoms with Crippen LogP contribution in [0.3, 0.4) is 0 Å². The molecule has 1 aliphatic rings. The predicted molar refractivity (Wildman–Crippen MR) is 71.1 cm³/mol. The summed E-state index contributed by atoms with van der Waals surface area (Å²) in [5.41, 5.74) is 2.19. The molecule has 0 amide bonds. The first-order valence-electron chi connectivity index (χ1n) is 6.53. The van der Waals surface area contributed by atoms with Gasteiger partial charge in [-0.2, -0.15) is 0 Å². The van der Waals surface area contributed by atoms with E-state index in [0.717, 1.165) is 11.6 Å². The van der Waals surface area contributed by atoms with Crippen LogP contribution in [0.5, 0.6) is 0 Å². The van der Waals surface area contributed by atoms with E-state index in [-0.39, 0.29) is 0 Å². The molecule has 3 nitrogen and oxygen atoms in total. The molecule has 3 rings (SSSR count). The van der Waals surface area contributed by atoms with Crippen LogP contribution in [0.1, 0.15) is 32.6 Å². The lowest BCUT2D eigenvalue weighted by atomic mass is 9.86. The quantitative estimate of drug-likeness (QED) is 0.826. The summed E-state index contributed by atoms with van der Waals surface area (Å²) in [5.74, 6) is 0.769. The Morgan fingerprint density at radius 1 is 1.29 bits per heavy atom. The van der Waals surface area contributed by atoms with Gasteiger partial charge in [0.1, 0.15) is 5.65 Å². The van der Waals surface area contributed by atoms with Crippen LogP contribution < -0.4 is 5.32 Å². The molecule has 0 spiro atoms. The highest BCUT2D eigenvalue weighted by Crippen LogP contribution is 2.29. The van der Waals surface area contributed by atoms with Crippen LogP contribution >= 0.6 is 0 Å². The van der Waals surface area contributed by atoms with E-state index >= 15 is 0 Å². The fraction of sp³-hybridized carbons (Fsp3) is 0.500. The van der Waals surface area contributed by atoms with E-state index in [9.17, 15) is 0 Å². The van der Waals surface area contributed by atoms with E-state index < -0.39 is 0 Å². The molecule has 0 aliphatic heterocycles. The lowest BCUT2D eigenvalue weighted by Gasteiger charge is -2.30. The van der Waals surface area contributed by atoms with Crippen molar-refractivity contribution >= 4 is 16.7 Å². The first-order valence-corrected chi connectivity index (χ1v) is 6.53. The van der Waals surface area contributed by atoms with Gasteiger partial charge in [-0.3, -0.25) is 0 Å². The second-order valence-electron chi connectivity index (χ2n) is 5.11. The lowest BCUT2D eigenvalue weighted by molar-refractivity contribution is 0.350. The summed E-state index contributed by atoms with van der Waals surface area (Å²) in [6, 6.07) is 4.79. The van der Waals surface area contributed by atoms with E-state index in [1.807, 2.05) is 12.4 Å². The lowest BCUT2D eigenvalue weighted by Crippen LogP contribution is -2.30. The van der Waals surface area contributed by atoms with Gasteiger partial charge in [-0.15, -0.1) is 0 Å². The van der Waals surface area contributed by atoms with E-state index in [2.05, 4.69) is 34.3 Å². The number of aromatic amines is 1. The van der Waals surface area contributed by atoms with Crippen LogP contribution in [0.4, 0.5) is 5.69 Å². The fourth-order valence-corrected chi connectivity index (χ4v) is 2.82. The highest BCUT2D eigenvalue weighted by molar-refractivity contribution is 5.89. The first-order chi connectivity index (χ1) is 8.34. The Balaban J connectivity index is 1.86. The van der Waals surface area contributed by atoms with Crippen LogP contribution in [0.2, 0.25) is 0 Å². The molecule has 1 fully saturated rings. The van der Waals surface area contributed by atoms with Crippen LogP contribution in [0.15, 0.2) is 24.5 Å². The molecule has 0 aromatic carbocycles. The zero-order valence-electron chi connectivity index (χ0n) is 10.2. The smallest absolute Gasteiger partial charge is 0.139 e. The third-order valence-corrected chi connectivity index (χ3v) is 3.91. The Kier molecular flexibility index (Phi) is 2.75. The maximum Gasteiger partial charge on any atom is 0.139 e. The van der Waals surface area contributed by atoms with Gasteiger partial charge in [-0.1, -0.05) is 19.8 Å². The van der Waals surface area contributed by atoms with Crippen molar-refractivity contribution in [2.45, 2.75) is 38.6 Å². The molecule has 2 aromatic rings. The topological polar surface area (TPSA) is 40.7 Å². The summed E-state index contributed by atoms with van der Waals surface area (Å²) in [6.07, 6.45) is 9.19. The average Bonchev–Trinajstić information content (AvgIpc) is 2.81. The third kappa shape index (κ3) is 2.02. The molecule has 0 radical (unpaired) electrons. The fourth-order valence-electron chi connectivity index (χ4n) is 2.82. The number of nitrogens with one attached hydrogen (secondary N) is 2. The molecule has 3 heteroatoms. The van der Waals surface area contributed by atoms with Crippen LogP contribution in [-0.2, 0) is 0 Å². The number of pyridine rings is 1. The predicted octanol–water partition coefficient (Wildman–Crippen LogP) is 3.55. The Labute approximate surface area is 102 Å². The van der Waals surface area contributed by atoms with E-state index in [0.29, 0.717) is 6.04 Å².